The number of phenols is 1. The molecule has 0 aromatic heterocycles. The van der Waals surface area contributed by atoms with E-state index in [9.17, 15) is 9.90 Å². The van der Waals surface area contributed by atoms with Gasteiger partial charge < -0.3 is 25.2 Å². The van der Waals surface area contributed by atoms with Gasteiger partial charge >= 0.3 is 6.03 Å². The molecule has 1 aliphatic rings. The maximum atomic E-state index is 12.0. The number of urea groups is 1. The summed E-state index contributed by atoms with van der Waals surface area (Å²) in [5.74, 6) is 1.79. The second-order valence-corrected chi connectivity index (χ2v) is 6.44. The van der Waals surface area contributed by atoms with Crippen LogP contribution in [0, 0.1) is 0 Å². The average Bonchev–Trinajstić information content (AvgIpc) is 3.09. The van der Waals surface area contributed by atoms with E-state index in [1.54, 1.807) is 12.1 Å². The van der Waals surface area contributed by atoms with Crippen LogP contribution in [0.15, 0.2) is 42.5 Å². The first-order chi connectivity index (χ1) is 12.6. The lowest BCUT2D eigenvalue weighted by atomic mass is 10.1. The predicted molar refractivity (Wildman–Crippen MR) is 98.7 cm³/mol. The molecule has 0 spiro atoms. The van der Waals surface area contributed by atoms with Crippen molar-refractivity contribution in [2.45, 2.75) is 32.2 Å². The molecule has 26 heavy (non-hydrogen) atoms. The summed E-state index contributed by atoms with van der Waals surface area (Å²) in [6, 6.07) is 12.9. The quantitative estimate of drug-likeness (QED) is 0.712. The van der Waals surface area contributed by atoms with E-state index in [2.05, 4.69) is 10.6 Å². The van der Waals surface area contributed by atoms with Crippen molar-refractivity contribution in [2.24, 2.45) is 0 Å². The smallest absolute Gasteiger partial charge is 0.315 e. The second kappa shape index (κ2) is 8.47. The van der Waals surface area contributed by atoms with Crippen LogP contribution in [0.3, 0.4) is 0 Å². The Labute approximate surface area is 153 Å². The van der Waals surface area contributed by atoms with E-state index < -0.39 is 0 Å². The van der Waals surface area contributed by atoms with Crippen LogP contribution in [0.25, 0.3) is 0 Å². The van der Waals surface area contributed by atoms with Crippen LogP contribution in [0.5, 0.6) is 17.2 Å². The van der Waals surface area contributed by atoms with Crippen molar-refractivity contribution in [1.82, 2.24) is 10.6 Å². The molecule has 0 aliphatic carbocycles. The number of hydrogen-bond donors (Lipinski definition) is 3. The third-order valence-electron chi connectivity index (χ3n) is 4.32. The highest BCUT2D eigenvalue weighted by Crippen LogP contribution is 2.32. The van der Waals surface area contributed by atoms with E-state index in [4.69, 9.17) is 9.47 Å². The van der Waals surface area contributed by atoms with Gasteiger partial charge in [0.15, 0.2) is 11.5 Å². The number of carbonyl (C=O) groups excluding carboxylic acids is 1. The fourth-order valence-corrected chi connectivity index (χ4v) is 2.81. The Morgan fingerprint density at radius 2 is 1.81 bits per heavy atom. The molecule has 2 aromatic rings. The zero-order valence-corrected chi connectivity index (χ0v) is 14.8. The lowest BCUT2D eigenvalue weighted by Crippen LogP contribution is -2.41. The summed E-state index contributed by atoms with van der Waals surface area (Å²) in [6.45, 7) is 2.80. The second-order valence-electron chi connectivity index (χ2n) is 6.44. The Morgan fingerprint density at radius 1 is 1.08 bits per heavy atom. The maximum absolute atomic E-state index is 12.0. The van der Waals surface area contributed by atoms with Crippen molar-refractivity contribution < 1.29 is 19.4 Å². The highest BCUT2D eigenvalue weighted by atomic mass is 16.7. The lowest BCUT2D eigenvalue weighted by Gasteiger charge is -2.15. The van der Waals surface area contributed by atoms with Crippen molar-refractivity contribution in [3.8, 4) is 17.2 Å². The molecular formula is C20H24N2O4. The zero-order valence-electron chi connectivity index (χ0n) is 14.8. The Balaban J connectivity index is 1.35. The first-order valence-corrected chi connectivity index (χ1v) is 8.81. The molecule has 1 aliphatic heterocycles. The molecule has 6 nitrogen and oxygen atoms in total. The van der Waals surface area contributed by atoms with Gasteiger partial charge in [-0.25, -0.2) is 4.79 Å². The maximum Gasteiger partial charge on any atom is 0.315 e. The van der Waals surface area contributed by atoms with E-state index >= 15 is 0 Å². The molecule has 0 radical (unpaired) electrons. The average molecular weight is 356 g/mol. The molecule has 0 saturated carbocycles. The molecule has 2 aromatic carbocycles. The largest absolute Gasteiger partial charge is 0.508 e. The van der Waals surface area contributed by atoms with Gasteiger partial charge in [0, 0.05) is 12.6 Å². The van der Waals surface area contributed by atoms with Gasteiger partial charge in [0.2, 0.25) is 6.79 Å². The Kier molecular flexibility index (Phi) is 5.84. The molecule has 3 rings (SSSR count). The van der Waals surface area contributed by atoms with Crippen molar-refractivity contribution in [3.05, 3.63) is 53.6 Å². The molecule has 138 valence electrons. The standard InChI is InChI=1S/C20H24N2O4/c1-14(2-3-15-4-7-17(23)8-5-15)22-20(24)21-11-10-16-6-9-18-19(12-16)26-13-25-18/h4-9,12,14,23H,2-3,10-11,13H2,1H3,(H2,21,22,24). The summed E-state index contributed by atoms with van der Waals surface area (Å²) in [5, 5.41) is 15.1. The van der Waals surface area contributed by atoms with Crippen molar-refractivity contribution >= 4 is 6.03 Å². The third kappa shape index (κ3) is 5.05. The summed E-state index contributed by atoms with van der Waals surface area (Å²) in [4.78, 5) is 12.0. The van der Waals surface area contributed by atoms with E-state index in [0.29, 0.717) is 6.54 Å². The van der Waals surface area contributed by atoms with Gasteiger partial charge in [-0.3, -0.25) is 0 Å². The molecule has 0 fully saturated rings. The SMILES string of the molecule is CC(CCc1ccc(O)cc1)NC(=O)NCCc1ccc2c(c1)OCO2. The minimum absolute atomic E-state index is 0.0642. The minimum Gasteiger partial charge on any atom is -0.508 e. The highest BCUT2D eigenvalue weighted by molar-refractivity contribution is 5.74. The topological polar surface area (TPSA) is 79.8 Å². The molecule has 0 saturated heterocycles. The van der Waals surface area contributed by atoms with E-state index in [1.807, 2.05) is 37.3 Å². The number of benzene rings is 2. The van der Waals surface area contributed by atoms with E-state index in [-0.39, 0.29) is 24.6 Å². The predicted octanol–water partition coefficient (Wildman–Crippen LogP) is 2.98. The monoisotopic (exact) mass is 356 g/mol. The Hall–Kier alpha value is -2.89. The summed E-state index contributed by atoms with van der Waals surface area (Å²) >= 11 is 0. The lowest BCUT2D eigenvalue weighted by molar-refractivity contribution is 0.174. The van der Waals surface area contributed by atoms with Crippen LogP contribution in [0.4, 0.5) is 4.79 Å². The van der Waals surface area contributed by atoms with Crippen LogP contribution in [-0.2, 0) is 12.8 Å². The summed E-state index contributed by atoms with van der Waals surface area (Å²) in [5.41, 5.74) is 2.23. The Morgan fingerprint density at radius 3 is 2.62 bits per heavy atom. The number of hydrogen-bond acceptors (Lipinski definition) is 4. The minimum atomic E-state index is -0.163. The number of phenolic OH excluding ortho intramolecular Hbond substituents is 1. The van der Waals surface area contributed by atoms with Crippen molar-refractivity contribution in [3.63, 3.8) is 0 Å². The molecule has 6 heteroatoms. The summed E-state index contributed by atoms with van der Waals surface area (Å²) in [6.07, 6.45) is 2.41. The molecule has 0 bridgehead atoms. The molecule has 2 amide bonds. The van der Waals surface area contributed by atoms with E-state index in [0.717, 1.165) is 41.9 Å². The van der Waals surface area contributed by atoms with Gasteiger partial charge in [0.1, 0.15) is 5.75 Å². The molecule has 1 atom stereocenters. The van der Waals surface area contributed by atoms with Gasteiger partial charge in [-0.1, -0.05) is 18.2 Å². The summed E-state index contributed by atoms with van der Waals surface area (Å²) < 4.78 is 10.6. The van der Waals surface area contributed by atoms with Gasteiger partial charge in [-0.05, 0) is 61.6 Å². The fourth-order valence-electron chi connectivity index (χ4n) is 2.81. The molecule has 1 unspecified atom stereocenters. The van der Waals surface area contributed by atoms with Crippen LogP contribution < -0.4 is 20.1 Å². The zero-order chi connectivity index (χ0) is 18.4. The van der Waals surface area contributed by atoms with Gasteiger partial charge in [-0.2, -0.15) is 0 Å². The van der Waals surface area contributed by atoms with E-state index in [1.165, 1.54) is 0 Å². The normalized spacial score (nSPS) is 13.3. The highest BCUT2D eigenvalue weighted by Gasteiger charge is 2.13. The molecule has 3 N–H and O–H groups in total. The van der Waals surface area contributed by atoms with Crippen LogP contribution in [-0.4, -0.2) is 30.5 Å². The van der Waals surface area contributed by atoms with Crippen LogP contribution >= 0.6 is 0 Å². The molecular weight excluding hydrogens is 332 g/mol. The fraction of sp³-hybridized carbons (Fsp3) is 0.350. The number of aromatic hydroxyl groups is 1. The van der Waals surface area contributed by atoms with Crippen molar-refractivity contribution in [1.29, 1.82) is 0 Å². The van der Waals surface area contributed by atoms with Crippen molar-refractivity contribution in [2.75, 3.05) is 13.3 Å². The number of rotatable bonds is 7. The number of aryl methyl sites for hydroxylation is 1. The van der Waals surface area contributed by atoms with Crippen LogP contribution in [0.2, 0.25) is 0 Å². The molecule has 1 heterocycles. The number of fused-ring (bicyclic) bond motifs is 1. The first-order valence-electron chi connectivity index (χ1n) is 8.81. The Bertz CT molecular complexity index is 746. The first kappa shape index (κ1) is 17.9. The number of nitrogens with one attached hydrogen (secondary N) is 2. The van der Waals surface area contributed by atoms with Gasteiger partial charge in [0.05, 0.1) is 0 Å². The van der Waals surface area contributed by atoms with Crippen LogP contribution in [0.1, 0.15) is 24.5 Å². The van der Waals surface area contributed by atoms with Gasteiger partial charge in [-0.15, -0.1) is 0 Å². The number of ether oxygens (including phenoxy) is 2. The van der Waals surface area contributed by atoms with Gasteiger partial charge in [0.25, 0.3) is 0 Å². The number of amides is 2. The number of carbonyl (C=O) groups is 1. The summed E-state index contributed by atoms with van der Waals surface area (Å²) in [7, 11) is 0. The third-order valence-corrected chi connectivity index (χ3v) is 4.32.